The summed E-state index contributed by atoms with van der Waals surface area (Å²) < 4.78 is 11.9. The van der Waals surface area contributed by atoms with Gasteiger partial charge >= 0.3 is 0 Å². The fourth-order valence-electron chi connectivity index (χ4n) is 0.152. The van der Waals surface area contributed by atoms with Gasteiger partial charge in [-0.15, -0.1) is 0 Å². The zero-order chi connectivity index (χ0) is 5.86. The Kier molecular flexibility index (Phi) is 2.52. The van der Waals surface area contributed by atoms with E-state index in [0.29, 0.717) is 6.21 Å². The summed E-state index contributed by atoms with van der Waals surface area (Å²) in [6.07, 6.45) is -0.579. The summed E-state index contributed by atoms with van der Waals surface area (Å²) in [6.45, 7) is 1.52. The van der Waals surface area contributed by atoms with Crippen LogP contribution in [0.1, 0.15) is 6.92 Å². The van der Waals surface area contributed by atoms with Crippen LogP contribution in [0.5, 0.6) is 0 Å². The summed E-state index contributed by atoms with van der Waals surface area (Å²) in [6, 6.07) is -0.544. The molecule has 2 atom stereocenters. The Balaban J connectivity index is 3.33. The largest absolute Gasteiger partial charge is 0.325 e. The third kappa shape index (κ3) is 2.28. The quantitative estimate of drug-likeness (QED) is 0.487. The van der Waals surface area contributed by atoms with Crippen molar-refractivity contribution in [2.75, 3.05) is 0 Å². The minimum Gasteiger partial charge on any atom is -0.325 e. The van der Waals surface area contributed by atoms with E-state index in [1.807, 2.05) is 0 Å². The Hall–Kier alpha value is -0.440. The van der Waals surface area contributed by atoms with Gasteiger partial charge in [0.15, 0.2) is 0 Å². The summed E-state index contributed by atoms with van der Waals surface area (Å²) in [5, 5.41) is 6.36. The number of nitrogens with one attached hydrogen (secondary N) is 1. The van der Waals surface area contributed by atoms with Gasteiger partial charge in [0.1, 0.15) is 6.17 Å². The third-order valence-electron chi connectivity index (χ3n) is 0.662. The van der Waals surface area contributed by atoms with Gasteiger partial charge in [-0.05, 0) is 6.92 Å². The molecule has 7 heavy (non-hydrogen) atoms. The van der Waals surface area contributed by atoms with Crippen LogP contribution in [0.15, 0.2) is 0 Å². The summed E-state index contributed by atoms with van der Waals surface area (Å²) in [7, 11) is 0. The fraction of sp³-hybridized carbons (Fsp3) is 0.750. The standard InChI is InChI=1S/C4H9FN2/c1-3(7)4(5)2-6/h2-4,6H,7H2,1H3/t3-,4?/m0/s1. The lowest BCUT2D eigenvalue weighted by Crippen LogP contribution is -2.28. The summed E-state index contributed by atoms with van der Waals surface area (Å²) >= 11 is 0. The first-order valence-electron chi connectivity index (χ1n) is 2.08. The molecule has 3 heteroatoms. The van der Waals surface area contributed by atoms with Crippen LogP contribution in [0.4, 0.5) is 4.39 Å². The van der Waals surface area contributed by atoms with Crippen molar-refractivity contribution in [3.63, 3.8) is 0 Å². The van der Waals surface area contributed by atoms with Crippen LogP contribution in [0.2, 0.25) is 0 Å². The molecule has 0 fully saturated rings. The highest BCUT2D eigenvalue weighted by atomic mass is 19.1. The van der Waals surface area contributed by atoms with Crippen molar-refractivity contribution in [3.8, 4) is 0 Å². The highest BCUT2D eigenvalue weighted by Crippen LogP contribution is 1.88. The highest BCUT2D eigenvalue weighted by molar-refractivity contribution is 5.59. The van der Waals surface area contributed by atoms with E-state index in [4.69, 9.17) is 11.1 Å². The van der Waals surface area contributed by atoms with Gasteiger partial charge < -0.3 is 11.1 Å². The summed E-state index contributed by atoms with van der Waals surface area (Å²) in [5.41, 5.74) is 5.02. The lowest BCUT2D eigenvalue weighted by Gasteiger charge is -2.02. The minimum absolute atomic E-state index is 0.544. The molecule has 1 unspecified atom stereocenters. The third-order valence-corrected chi connectivity index (χ3v) is 0.662. The second-order valence-corrected chi connectivity index (χ2v) is 1.47. The summed E-state index contributed by atoms with van der Waals surface area (Å²) in [4.78, 5) is 0. The second-order valence-electron chi connectivity index (χ2n) is 1.47. The molecule has 0 aromatic heterocycles. The van der Waals surface area contributed by atoms with Crippen LogP contribution in [0.3, 0.4) is 0 Å². The number of nitrogens with two attached hydrogens (primary N) is 1. The average Bonchev–Trinajstić information content (AvgIpc) is 1.65. The monoisotopic (exact) mass is 104 g/mol. The Labute approximate surface area is 42.0 Å². The summed E-state index contributed by atoms with van der Waals surface area (Å²) in [5.74, 6) is 0. The Bertz CT molecular complexity index is 62.7. The van der Waals surface area contributed by atoms with Crippen LogP contribution in [0, 0.1) is 5.41 Å². The molecule has 0 aliphatic rings. The van der Waals surface area contributed by atoms with E-state index in [-0.39, 0.29) is 0 Å². The van der Waals surface area contributed by atoms with Crippen LogP contribution >= 0.6 is 0 Å². The van der Waals surface area contributed by atoms with E-state index >= 15 is 0 Å². The predicted molar refractivity (Wildman–Crippen MR) is 27.3 cm³/mol. The first-order chi connectivity index (χ1) is 3.18. The van der Waals surface area contributed by atoms with Crippen molar-refractivity contribution in [1.82, 2.24) is 0 Å². The van der Waals surface area contributed by atoms with Crippen molar-refractivity contribution in [2.45, 2.75) is 19.1 Å². The first-order valence-corrected chi connectivity index (χ1v) is 2.08. The molecule has 0 aliphatic heterocycles. The van der Waals surface area contributed by atoms with E-state index in [2.05, 4.69) is 0 Å². The molecule has 0 bridgehead atoms. The Morgan fingerprint density at radius 3 is 2.29 bits per heavy atom. The van der Waals surface area contributed by atoms with Crippen LogP contribution in [-0.4, -0.2) is 18.4 Å². The van der Waals surface area contributed by atoms with E-state index < -0.39 is 12.2 Å². The molecule has 0 heterocycles. The smallest absolute Gasteiger partial charge is 0.149 e. The van der Waals surface area contributed by atoms with Crippen molar-refractivity contribution in [3.05, 3.63) is 0 Å². The second kappa shape index (κ2) is 2.69. The molecule has 2 nitrogen and oxygen atoms in total. The molecule has 0 spiro atoms. The molecule has 42 valence electrons. The normalized spacial score (nSPS) is 18.1. The van der Waals surface area contributed by atoms with Gasteiger partial charge in [0.05, 0.1) is 0 Å². The van der Waals surface area contributed by atoms with E-state index in [9.17, 15) is 4.39 Å². The molecule has 0 saturated carbocycles. The van der Waals surface area contributed by atoms with Gasteiger partial charge in [-0.3, -0.25) is 0 Å². The molecule has 0 aromatic rings. The van der Waals surface area contributed by atoms with Gasteiger partial charge in [0.2, 0.25) is 0 Å². The van der Waals surface area contributed by atoms with Gasteiger partial charge in [-0.1, -0.05) is 0 Å². The molecule has 0 amide bonds. The molecule has 3 N–H and O–H groups in total. The number of alkyl halides is 1. The van der Waals surface area contributed by atoms with Crippen molar-refractivity contribution < 1.29 is 4.39 Å². The van der Waals surface area contributed by atoms with Gasteiger partial charge in [-0.25, -0.2) is 4.39 Å². The van der Waals surface area contributed by atoms with E-state index in [1.54, 1.807) is 0 Å². The van der Waals surface area contributed by atoms with E-state index in [0.717, 1.165) is 0 Å². The van der Waals surface area contributed by atoms with Crippen LogP contribution < -0.4 is 5.73 Å². The van der Waals surface area contributed by atoms with E-state index in [1.165, 1.54) is 6.92 Å². The molecule has 0 aliphatic carbocycles. The van der Waals surface area contributed by atoms with Crippen LogP contribution in [0.25, 0.3) is 0 Å². The SMILES string of the molecule is C[C@H](N)C(F)C=N. The zero-order valence-electron chi connectivity index (χ0n) is 4.19. The van der Waals surface area contributed by atoms with Crippen molar-refractivity contribution in [1.29, 1.82) is 5.41 Å². The van der Waals surface area contributed by atoms with Crippen molar-refractivity contribution in [2.24, 2.45) is 5.73 Å². The highest BCUT2D eigenvalue weighted by Gasteiger charge is 2.05. The molecule has 0 aromatic carbocycles. The van der Waals surface area contributed by atoms with Crippen molar-refractivity contribution >= 4 is 6.21 Å². The molecule has 0 saturated heterocycles. The predicted octanol–water partition coefficient (Wildman–Crippen LogP) is 0.321. The van der Waals surface area contributed by atoms with Crippen LogP contribution in [-0.2, 0) is 0 Å². The zero-order valence-corrected chi connectivity index (χ0v) is 4.19. The fourth-order valence-corrected chi connectivity index (χ4v) is 0.152. The Morgan fingerprint density at radius 1 is 1.86 bits per heavy atom. The number of hydrogen-bond donors (Lipinski definition) is 2. The first kappa shape index (κ1) is 6.56. The van der Waals surface area contributed by atoms with Gasteiger partial charge in [0, 0.05) is 12.3 Å². The number of rotatable bonds is 2. The number of hydrogen-bond acceptors (Lipinski definition) is 2. The lowest BCUT2D eigenvalue weighted by atomic mass is 10.2. The molecular formula is C4H9FN2. The molecule has 0 radical (unpaired) electrons. The van der Waals surface area contributed by atoms with Gasteiger partial charge in [-0.2, -0.15) is 0 Å². The number of halogens is 1. The maximum atomic E-state index is 11.9. The van der Waals surface area contributed by atoms with Gasteiger partial charge in [0.25, 0.3) is 0 Å². The maximum absolute atomic E-state index is 11.9. The average molecular weight is 104 g/mol. The maximum Gasteiger partial charge on any atom is 0.149 e. The minimum atomic E-state index is -1.28. The molecular weight excluding hydrogens is 95.1 g/mol. The Morgan fingerprint density at radius 2 is 2.29 bits per heavy atom. The molecule has 0 rings (SSSR count). The topological polar surface area (TPSA) is 49.9 Å². The lowest BCUT2D eigenvalue weighted by molar-refractivity contribution is 0.381.